The first kappa shape index (κ1) is 14.1. The molecule has 2 aromatic carbocycles. The molecule has 1 aliphatic rings. The minimum atomic E-state index is -2.67. The summed E-state index contributed by atoms with van der Waals surface area (Å²) < 4.78 is 14.0. The van der Waals surface area contributed by atoms with Gasteiger partial charge in [-0.1, -0.05) is 91.9 Å². The molecule has 0 saturated heterocycles. The Kier molecular flexibility index (Phi) is 3.94. The van der Waals surface area contributed by atoms with Gasteiger partial charge in [0, 0.05) is 22.2 Å². The van der Waals surface area contributed by atoms with Crippen LogP contribution >= 0.6 is 7.14 Å². The van der Waals surface area contributed by atoms with Crippen molar-refractivity contribution in [2.75, 3.05) is 0 Å². The van der Waals surface area contributed by atoms with Crippen LogP contribution in [-0.2, 0) is 4.57 Å². The van der Waals surface area contributed by atoms with Crippen molar-refractivity contribution >= 4 is 17.8 Å². The molecule has 0 aromatic heterocycles. The zero-order chi connectivity index (χ0) is 14.7. The zero-order valence-corrected chi connectivity index (χ0v) is 13.0. The van der Waals surface area contributed by atoms with Crippen molar-refractivity contribution in [3.05, 3.63) is 85.0 Å². The van der Waals surface area contributed by atoms with Crippen LogP contribution in [0.5, 0.6) is 0 Å². The summed E-state index contributed by atoms with van der Waals surface area (Å²) in [5, 5.41) is 1.88. The largest absolute Gasteiger partial charge is 0.313 e. The van der Waals surface area contributed by atoms with Gasteiger partial charge in [-0.2, -0.15) is 0 Å². The molecule has 3 rings (SSSR count). The Bertz CT molecular complexity index is 645. The molecule has 0 fully saturated rings. The Balaban J connectivity index is 2.14. The van der Waals surface area contributed by atoms with E-state index in [1.807, 2.05) is 72.8 Å². The van der Waals surface area contributed by atoms with Gasteiger partial charge in [0.15, 0.2) is 0 Å². The number of benzene rings is 2. The minimum Gasteiger partial charge on any atom is -0.313 e. The van der Waals surface area contributed by atoms with E-state index in [-0.39, 0.29) is 11.6 Å². The number of allylic oxidation sites excluding steroid dienone is 4. The van der Waals surface area contributed by atoms with Crippen LogP contribution in [0.4, 0.5) is 0 Å². The van der Waals surface area contributed by atoms with Crippen LogP contribution in [0.3, 0.4) is 0 Å². The van der Waals surface area contributed by atoms with E-state index < -0.39 is 7.14 Å². The monoisotopic (exact) mass is 294 g/mol. The fraction of sp³-hybridized carbons (Fsp3) is 0.158. The molecule has 0 amide bonds. The fourth-order valence-electron chi connectivity index (χ4n) is 2.93. The van der Waals surface area contributed by atoms with Gasteiger partial charge < -0.3 is 4.57 Å². The number of hydrogen-bond acceptors (Lipinski definition) is 1. The molecule has 0 unspecified atom stereocenters. The molecule has 0 radical (unpaired) electrons. The molecular formula is C19H19OP. The van der Waals surface area contributed by atoms with Crippen LogP contribution in [0.2, 0.25) is 0 Å². The Morgan fingerprint density at radius 2 is 1.24 bits per heavy atom. The third-order valence-electron chi connectivity index (χ3n) is 4.19. The van der Waals surface area contributed by atoms with Gasteiger partial charge in [-0.05, 0) is 0 Å². The minimum absolute atomic E-state index is 0.0531. The van der Waals surface area contributed by atoms with Crippen LogP contribution in [-0.4, -0.2) is 5.66 Å². The predicted octanol–water partition coefficient (Wildman–Crippen LogP) is 4.13. The lowest BCUT2D eigenvalue weighted by Crippen LogP contribution is -2.27. The molecule has 2 aromatic rings. The molecule has 2 heteroatoms. The van der Waals surface area contributed by atoms with E-state index in [2.05, 4.69) is 19.1 Å². The lowest BCUT2D eigenvalue weighted by molar-refractivity contribution is 0.572. The smallest absolute Gasteiger partial charge is 0.146 e. The first-order valence-corrected chi connectivity index (χ1v) is 9.06. The summed E-state index contributed by atoms with van der Waals surface area (Å²) in [7, 11) is -2.67. The second kappa shape index (κ2) is 5.87. The standard InChI is InChI=1S/C19H19OP/c1-16(17-10-8-9-11-17)21(20,18-12-4-2-5-13-18)19-14-6-3-7-15-19/h2-17H,1H3/t16-/m1/s1. The van der Waals surface area contributed by atoms with Crippen LogP contribution in [0.25, 0.3) is 0 Å². The maximum atomic E-state index is 14.0. The van der Waals surface area contributed by atoms with E-state index in [0.29, 0.717) is 0 Å². The molecule has 106 valence electrons. The number of rotatable bonds is 4. The third-order valence-corrected chi connectivity index (χ3v) is 7.81. The Morgan fingerprint density at radius 1 is 0.810 bits per heavy atom. The second-order valence-electron chi connectivity index (χ2n) is 5.42. The van der Waals surface area contributed by atoms with Gasteiger partial charge in [-0.25, -0.2) is 0 Å². The Morgan fingerprint density at radius 3 is 1.67 bits per heavy atom. The van der Waals surface area contributed by atoms with E-state index in [1.54, 1.807) is 0 Å². The van der Waals surface area contributed by atoms with Gasteiger partial charge in [0.05, 0.1) is 0 Å². The summed E-state index contributed by atoms with van der Waals surface area (Å²) in [5.74, 6) is 0.233. The van der Waals surface area contributed by atoms with Crippen molar-refractivity contribution in [3.8, 4) is 0 Å². The molecular weight excluding hydrogens is 275 g/mol. The third kappa shape index (κ3) is 2.54. The fourth-order valence-corrected chi connectivity index (χ4v) is 6.08. The van der Waals surface area contributed by atoms with Gasteiger partial charge in [0.1, 0.15) is 7.14 Å². The summed E-state index contributed by atoms with van der Waals surface area (Å²) in [6.45, 7) is 2.10. The maximum absolute atomic E-state index is 14.0. The molecule has 1 aliphatic carbocycles. The summed E-state index contributed by atoms with van der Waals surface area (Å²) in [4.78, 5) is 0. The highest BCUT2D eigenvalue weighted by atomic mass is 31.2. The lowest BCUT2D eigenvalue weighted by atomic mass is 10.1. The van der Waals surface area contributed by atoms with E-state index in [1.165, 1.54) is 0 Å². The number of hydrogen-bond donors (Lipinski definition) is 0. The molecule has 1 atom stereocenters. The van der Waals surface area contributed by atoms with E-state index >= 15 is 0 Å². The van der Waals surface area contributed by atoms with Crippen molar-refractivity contribution in [1.82, 2.24) is 0 Å². The molecule has 1 nitrogen and oxygen atoms in total. The molecule has 0 N–H and O–H groups in total. The first-order valence-electron chi connectivity index (χ1n) is 7.29. The van der Waals surface area contributed by atoms with E-state index in [4.69, 9.17) is 0 Å². The van der Waals surface area contributed by atoms with E-state index in [0.717, 1.165) is 10.6 Å². The van der Waals surface area contributed by atoms with Crippen molar-refractivity contribution in [2.24, 2.45) is 5.92 Å². The van der Waals surface area contributed by atoms with Gasteiger partial charge in [-0.15, -0.1) is 0 Å². The van der Waals surface area contributed by atoms with Crippen LogP contribution < -0.4 is 10.6 Å². The van der Waals surface area contributed by atoms with Crippen LogP contribution in [0.1, 0.15) is 6.92 Å². The normalized spacial score (nSPS) is 16.2. The molecule has 21 heavy (non-hydrogen) atoms. The summed E-state index contributed by atoms with van der Waals surface area (Å²) in [6, 6.07) is 19.8. The van der Waals surface area contributed by atoms with Gasteiger partial charge in [0.25, 0.3) is 0 Å². The summed E-state index contributed by atoms with van der Waals surface area (Å²) >= 11 is 0. The Hall–Kier alpha value is -1.85. The maximum Gasteiger partial charge on any atom is 0.146 e. The molecule has 0 heterocycles. The van der Waals surface area contributed by atoms with Crippen molar-refractivity contribution < 1.29 is 4.57 Å². The average Bonchev–Trinajstić information content (AvgIpc) is 3.09. The quantitative estimate of drug-likeness (QED) is 0.775. The molecule has 0 aliphatic heterocycles. The zero-order valence-electron chi connectivity index (χ0n) is 12.1. The highest BCUT2D eigenvalue weighted by Crippen LogP contribution is 2.52. The van der Waals surface area contributed by atoms with Crippen LogP contribution in [0.15, 0.2) is 85.0 Å². The van der Waals surface area contributed by atoms with E-state index in [9.17, 15) is 4.57 Å². The second-order valence-corrected chi connectivity index (χ2v) is 8.58. The highest BCUT2D eigenvalue weighted by Gasteiger charge is 2.36. The van der Waals surface area contributed by atoms with Gasteiger partial charge >= 0.3 is 0 Å². The Labute approximate surface area is 126 Å². The predicted molar refractivity (Wildman–Crippen MR) is 91.0 cm³/mol. The van der Waals surface area contributed by atoms with Crippen molar-refractivity contribution in [1.29, 1.82) is 0 Å². The highest BCUT2D eigenvalue weighted by molar-refractivity contribution is 7.79. The SMILES string of the molecule is C[C@H](C1C=CC=C1)P(=O)(c1ccccc1)c1ccccc1. The van der Waals surface area contributed by atoms with Crippen molar-refractivity contribution in [3.63, 3.8) is 0 Å². The topological polar surface area (TPSA) is 17.1 Å². The average molecular weight is 294 g/mol. The molecule has 0 spiro atoms. The van der Waals surface area contributed by atoms with Gasteiger partial charge in [-0.3, -0.25) is 0 Å². The van der Waals surface area contributed by atoms with Crippen molar-refractivity contribution in [2.45, 2.75) is 12.6 Å². The summed E-state index contributed by atoms with van der Waals surface area (Å²) in [6.07, 6.45) is 8.37. The van der Waals surface area contributed by atoms with Crippen LogP contribution in [0, 0.1) is 5.92 Å². The molecule has 0 bridgehead atoms. The molecule has 0 saturated carbocycles. The lowest BCUT2D eigenvalue weighted by Gasteiger charge is -2.28. The van der Waals surface area contributed by atoms with Gasteiger partial charge in [0.2, 0.25) is 0 Å². The summed E-state index contributed by atoms with van der Waals surface area (Å²) in [5.41, 5.74) is 0.0531. The first-order chi connectivity index (χ1) is 10.2.